The van der Waals surface area contributed by atoms with Crippen LogP contribution in [0.1, 0.15) is 29.8 Å². The standard InChI is InChI=1S/C11H16N2O5S/c12-19(16,17)10-5-4-9(18-10)11(15)13-6-2-1-3-8(13)7-14/h4-5,8,14H,1-3,6-7H2,(H2,12,16,17). The van der Waals surface area contributed by atoms with Crippen molar-refractivity contribution >= 4 is 15.9 Å². The Bertz CT molecular complexity index is 565. The van der Waals surface area contributed by atoms with Crippen molar-refractivity contribution in [1.29, 1.82) is 0 Å². The van der Waals surface area contributed by atoms with Crippen molar-refractivity contribution in [3.8, 4) is 0 Å². The van der Waals surface area contributed by atoms with E-state index in [1.54, 1.807) is 0 Å². The van der Waals surface area contributed by atoms with Gasteiger partial charge in [0.2, 0.25) is 5.09 Å². The van der Waals surface area contributed by atoms with Gasteiger partial charge < -0.3 is 14.4 Å². The maximum Gasteiger partial charge on any atom is 0.289 e. The van der Waals surface area contributed by atoms with E-state index in [0.717, 1.165) is 25.3 Å². The SMILES string of the molecule is NS(=O)(=O)c1ccc(C(=O)N2CCCCC2CO)o1. The first kappa shape index (κ1) is 14.0. The molecule has 1 aliphatic heterocycles. The molecule has 0 radical (unpaired) electrons. The number of likely N-dealkylation sites (tertiary alicyclic amines) is 1. The lowest BCUT2D eigenvalue weighted by Gasteiger charge is -2.33. The van der Waals surface area contributed by atoms with Gasteiger partial charge in [0.15, 0.2) is 5.76 Å². The fraction of sp³-hybridized carbons (Fsp3) is 0.545. The van der Waals surface area contributed by atoms with Crippen molar-refractivity contribution in [1.82, 2.24) is 4.90 Å². The van der Waals surface area contributed by atoms with Crippen LogP contribution in [0.2, 0.25) is 0 Å². The smallest absolute Gasteiger partial charge is 0.289 e. The number of carbonyl (C=O) groups excluding carboxylic acids is 1. The number of rotatable bonds is 3. The first-order valence-electron chi connectivity index (χ1n) is 5.98. The maximum absolute atomic E-state index is 12.2. The number of primary sulfonamides is 1. The zero-order valence-electron chi connectivity index (χ0n) is 10.3. The Morgan fingerprint density at radius 3 is 2.79 bits per heavy atom. The van der Waals surface area contributed by atoms with E-state index in [1.807, 2.05) is 0 Å². The van der Waals surface area contributed by atoms with E-state index in [2.05, 4.69) is 0 Å². The summed E-state index contributed by atoms with van der Waals surface area (Å²) < 4.78 is 27.1. The van der Waals surface area contributed by atoms with Crippen LogP contribution < -0.4 is 5.14 Å². The number of furan rings is 1. The Kier molecular flexibility index (Phi) is 3.93. The molecule has 1 fully saturated rings. The molecule has 0 bridgehead atoms. The molecular weight excluding hydrogens is 272 g/mol. The Morgan fingerprint density at radius 1 is 1.47 bits per heavy atom. The van der Waals surface area contributed by atoms with Crippen LogP contribution in [-0.2, 0) is 10.0 Å². The highest BCUT2D eigenvalue weighted by Gasteiger charge is 2.29. The van der Waals surface area contributed by atoms with Gasteiger partial charge in [0.1, 0.15) is 0 Å². The molecule has 2 heterocycles. The summed E-state index contributed by atoms with van der Waals surface area (Å²) in [5.74, 6) is -0.502. The molecule has 8 heteroatoms. The summed E-state index contributed by atoms with van der Waals surface area (Å²) in [6, 6.07) is 2.19. The number of nitrogens with zero attached hydrogens (tertiary/aromatic N) is 1. The first-order valence-corrected chi connectivity index (χ1v) is 7.52. The number of piperidine rings is 1. The van der Waals surface area contributed by atoms with Crippen molar-refractivity contribution < 1.29 is 22.7 Å². The molecule has 7 nitrogen and oxygen atoms in total. The second-order valence-corrected chi connectivity index (χ2v) is 5.99. The maximum atomic E-state index is 12.2. The van der Waals surface area contributed by atoms with Gasteiger partial charge in [0, 0.05) is 6.54 Å². The quantitative estimate of drug-likeness (QED) is 0.807. The topological polar surface area (TPSA) is 114 Å². The van der Waals surface area contributed by atoms with Crippen LogP contribution in [0.4, 0.5) is 0 Å². The lowest BCUT2D eigenvalue weighted by molar-refractivity contribution is 0.0468. The summed E-state index contributed by atoms with van der Waals surface area (Å²) in [5.41, 5.74) is 0. The number of nitrogens with two attached hydrogens (primary N) is 1. The molecule has 0 aromatic carbocycles. The summed E-state index contributed by atoms with van der Waals surface area (Å²) in [5, 5.41) is 13.7. The summed E-state index contributed by atoms with van der Waals surface area (Å²) in [6.45, 7) is 0.407. The molecular formula is C11H16N2O5S. The molecule has 1 aliphatic rings. The number of carbonyl (C=O) groups is 1. The number of sulfonamides is 1. The molecule has 1 atom stereocenters. The Hall–Kier alpha value is -1.38. The van der Waals surface area contributed by atoms with E-state index in [-0.39, 0.29) is 18.4 Å². The average molecular weight is 288 g/mol. The van der Waals surface area contributed by atoms with Gasteiger partial charge in [0.25, 0.3) is 15.9 Å². The second kappa shape index (κ2) is 5.32. The zero-order chi connectivity index (χ0) is 14.0. The Morgan fingerprint density at radius 2 is 2.21 bits per heavy atom. The van der Waals surface area contributed by atoms with E-state index in [4.69, 9.17) is 9.56 Å². The van der Waals surface area contributed by atoms with Gasteiger partial charge in [-0.3, -0.25) is 4.79 Å². The van der Waals surface area contributed by atoms with E-state index in [1.165, 1.54) is 11.0 Å². The highest BCUT2D eigenvalue weighted by molar-refractivity contribution is 7.89. The van der Waals surface area contributed by atoms with Gasteiger partial charge in [-0.1, -0.05) is 0 Å². The molecule has 0 saturated carbocycles. The molecule has 1 saturated heterocycles. The number of aliphatic hydroxyl groups is 1. The van der Waals surface area contributed by atoms with Crippen molar-refractivity contribution in [2.45, 2.75) is 30.4 Å². The predicted octanol–water partition coefficient (Wildman–Crippen LogP) is -0.0860. The van der Waals surface area contributed by atoms with Gasteiger partial charge in [-0.2, -0.15) is 0 Å². The van der Waals surface area contributed by atoms with Gasteiger partial charge in [-0.25, -0.2) is 13.6 Å². The van der Waals surface area contributed by atoms with Gasteiger partial charge in [-0.05, 0) is 31.4 Å². The molecule has 19 heavy (non-hydrogen) atoms. The van der Waals surface area contributed by atoms with Crippen LogP contribution >= 0.6 is 0 Å². The first-order chi connectivity index (χ1) is 8.93. The largest absolute Gasteiger partial charge is 0.438 e. The summed E-state index contributed by atoms with van der Waals surface area (Å²) in [7, 11) is -3.95. The minimum atomic E-state index is -3.95. The summed E-state index contributed by atoms with van der Waals surface area (Å²) in [4.78, 5) is 13.7. The second-order valence-electron chi connectivity index (χ2n) is 4.49. The van der Waals surface area contributed by atoms with Crippen LogP contribution in [0.5, 0.6) is 0 Å². The Balaban J connectivity index is 2.21. The molecule has 0 spiro atoms. The molecule has 106 valence electrons. The van der Waals surface area contributed by atoms with Crippen molar-refractivity contribution in [2.75, 3.05) is 13.2 Å². The van der Waals surface area contributed by atoms with Crippen molar-refractivity contribution in [3.05, 3.63) is 17.9 Å². The molecule has 1 aromatic rings. The van der Waals surface area contributed by atoms with Crippen LogP contribution in [0.15, 0.2) is 21.6 Å². The molecule has 1 aromatic heterocycles. The fourth-order valence-electron chi connectivity index (χ4n) is 2.19. The van der Waals surface area contributed by atoms with E-state index in [9.17, 15) is 18.3 Å². The van der Waals surface area contributed by atoms with Gasteiger partial charge in [-0.15, -0.1) is 0 Å². The molecule has 0 aliphatic carbocycles. The average Bonchev–Trinajstić information content (AvgIpc) is 2.87. The summed E-state index contributed by atoms with van der Waals surface area (Å²) >= 11 is 0. The van der Waals surface area contributed by atoms with E-state index < -0.39 is 21.0 Å². The lowest BCUT2D eigenvalue weighted by atomic mass is 10.0. The molecule has 2 rings (SSSR count). The van der Waals surface area contributed by atoms with E-state index >= 15 is 0 Å². The highest BCUT2D eigenvalue weighted by atomic mass is 32.2. The predicted molar refractivity (Wildman–Crippen MR) is 65.8 cm³/mol. The van der Waals surface area contributed by atoms with Crippen molar-refractivity contribution in [2.24, 2.45) is 5.14 Å². The molecule has 1 amide bonds. The minimum Gasteiger partial charge on any atom is -0.438 e. The Labute approximate surface area is 111 Å². The van der Waals surface area contributed by atoms with Crippen LogP contribution in [0, 0.1) is 0 Å². The summed E-state index contributed by atoms with van der Waals surface area (Å²) in [6.07, 6.45) is 2.53. The molecule has 1 unspecified atom stereocenters. The highest BCUT2D eigenvalue weighted by Crippen LogP contribution is 2.21. The lowest BCUT2D eigenvalue weighted by Crippen LogP contribution is -2.45. The van der Waals surface area contributed by atoms with Crippen LogP contribution in [0.3, 0.4) is 0 Å². The van der Waals surface area contributed by atoms with Crippen LogP contribution in [0.25, 0.3) is 0 Å². The number of amides is 1. The monoisotopic (exact) mass is 288 g/mol. The minimum absolute atomic E-state index is 0.0793. The van der Waals surface area contributed by atoms with Crippen LogP contribution in [-0.4, -0.2) is 43.5 Å². The number of hydrogen-bond donors (Lipinski definition) is 2. The fourth-order valence-corrected chi connectivity index (χ4v) is 2.65. The molecule has 3 N–H and O–H groups in total. The zero-order valence-corrected chi connectivity index (χ0v) is 11.1. The number of hydrogen-bond acceptors (Lipinski definition) is 5. The van der Waals surface area contributed by atoms with Gasteiger partial charge in [0.05, 0.1) is 12.6 Å². The third-order valence-corrected chi connectivity index (χ3v) is 3.95. The number of aliphatic hydroxyl groups excluding tert-OH is 1. The third-order valence-electron chi connectivity index (χ3n) is 3.17. The van der Waals surface area contributed by atoms with Crippen molar-refractivity contribution in [3.63, 3.8) is 0 Å². The van der Waals surface area contributed by atoms with E-state index in [0.29, 0.717) is 6.54 Å². The normalized spacial score (nSPS) is 20.5. The third kappa shape index (κ3) is 2.96. The van der Waals surface area contributed by atoms with Gasteiger partial charge >= 0.3 is 0 Å².